The Labute approximate surface area is 92.0 Å². The SMILES string of the molecule is BrCc1cc2c(I)c[nH]c2cn1. The monoisotopic (exact) mass is 336 g/mol. The number of H-pyrrole nitrogens is 1. The number of pyridine rings is 1. The van der Waals surface area contributed by atoms with Crippen LogP contribution in [0.3, 0.4) is 0 Å². The van der Waals surface area contributed by atoms with Gasteiger partial charge in [-0.05, 0) is 28.7 Å². The van der Waals surface area contributed by atoms with Gasteiger partial charge in [-0.1, -0.05) is 15.9 Å². The Morgan fingerprint density at radius 3 is 3.17 bits per heavy atom. The van der Waals surface area contributed by atoms with Gasteiger partial charge < -0.3 is 4.98 Å². The molecule has 2 nitrogen and oxygen atoms in total. The zero-order valence-corrected chi connectivity index (χ0v) is 9.89. The van der Waals surface area contributed by atoms with Gasteiger partial charge in [-0.25, -0.2) is 0 Å². The van der Waals surface area contributed by atoms with Crippen LogP contribution in [-0.2, 0) is 5.33 Å². The predicted octanol–water partition coefficient (Wildman–Crippen LogP) is 3.06. The van der Waals surface area contributed by atoms with Crippen LogP contribution in [-0.4, -0.2) is 9.97 Å². The molecule has 0 saturated heterocycles. The molecule has 0 aliphatic rings. The first kappa shape index (κ1) is 8.50. The second-order valence-corrected chi connectivity index (χ2v) is 4.21. The van der Waals surface area contributed by atoms with Gasteiger partial charge in [-0.2, -0.15) is 0 Å². The molecule has 0 saturated carbocycles. The number of halogens is 2. The predicted molar refractivity (Wildman–Crippen MR) is 61.4 cm³/mol. The molecule has 2 aromatic rings. The maximum atomic E-state index is 4.26. The van der Waals surface area contributed by atoms with Crippen LogP contribution in [0, 0.1) is 3.57 Å². The average Bonchev–Trinajstić information content (AvgIpc) is 2.47. The summed E-state index contributed by atoms with van der Waals surface area (Å²) in [6, 6.07) is 2.10. The van der Waals surface area contributed by atoms with Crippen molar-refractivity contribution in [2.75, 3.05) is 0 Å². The summed E-state index contributed by atoms with van der Waals surface area (Å²) in [6.45, 7) is 0. The largest absolute Gasteiger partial charge is 0.359 e. The van der Waals surface area contributed by atoms with E-state index in [1.807, 2.05) is 12.4 Å². The Hall–Kier alpha value is -0.100. The third-order valence-corrected chi connectivity index (χ3v) is 3.18. The fourth-order valence-electron chi connectivity index (χ4n) is 1.10. The van der Waals surface area contributed by atoms with Gasteiger partial charge in [0.15, 0.2) is 0 Å². The van der Waals surface area contributed by atoms with Gasteiger partial charge in [-0.3, -0.25) is 4.98 Å². The number of hydrogen-bond donors (Lipinski definition) is 1. The fourth-order valence-corrected chi connectivity index (χ4v) is 2.01. The van der Waals surface area contributed by atoms with E-state index in [-0.39, 0.29) is 0 Å². The molecule has 0 radical (unpaired) electrons. The normalized spacial score (nSPS) is 10.8. The van der Waals surface area contributed by atoms with E-state index in [2.05, 4.69) is 54.6 Å². The number of aromatic nitrogens is 2. The molecule has 1 N–H and O–H groups in total. The standard InChI is InChI=1S/C8H6BrIN2/c9-2-5-1-6-7(10)3-12-8(6)4-11-5/h1,3-4,12H,2H2. The Balaban J connectivity index is 2.71. The number of nitrogens with one attached hydrogen (secondary N) is 1. The molecule has 0 aliphatic heterocycles. The van der Waals surface area contributed by atoms with E-state index in [1.54, 1.807) is 0 Å². The Morgan fingerprint density at radius 1 is 1.58 bits per heavy atom. The van der Waals surface area contributed by atoms with Crippen LogP contribution in [0.4, 0.5) is 0 Å². The van der Waals surface area contributed by atoms with E-state index in [1.165, 1.54) is 8.96 Å². The van der Waals surface area contributed by atoms with Crippen molar-refractivity contribution >= 4 is 49.4 Å². The molecule has 0 spiro atoms. The summed E-state index contributed by atoms with van der Waals surface area (Å²) in [4.78, 5) is 7.41. The van der Waals surface area contributed by atoms with Crippen molar-refractivity contribution in [1.29, 1.82) is 0 Å². The molecule has 0 aromatic carbocycles. The van der Waals surface area contributed by atoms with Crippen LogP contribution >= 0.6 is 38.5 Å². The summed E-state index contributed by atoms with van der Waals surface area (Å²) in [7, 11) is 0. The van der Waals surface area contributed by atoms with Crippen molar-refractivity contribution in [3.8, 4) is 0 Å². The van der Waals surface area contributed by atoms with E-state index >= 15 is 0 Å². The summed E-state index contributed by atoms with van der Waals surface area (Å²) in [5.74, 6) is 0. The van der Waals surface area contributed by atoms with Crippen LogP contribution in [0.15, 0.2) is 18.5 Å². The lowest BCUT2D eigenvalue weighted by Crippen LogP contribution is -1.83. The molecular weight excluding hydrogens is 331 g/mol. The Kier molecular flexibility index (Phi) is 2.36. The quantitative estimate of drug-likeness (QED) is 0.629. The first-order chi connectivity index (χ1) is 5.81. The second-order valence-electron chi connectivity index (χ2n) is 2.49. The van der Waals surface area contributed by atoms with Crippen molar-refractivity contribution in [3.05, 3.63) is 27.7 Å². The number of fused-ring (bicyclic) bond motifs is 1. The maximum absolute atomic E-state index is 4.26. The summed E-state index contributed by atoms with van der Waals surface area (Å²) in [6.07, 6.45) is 3.86. The highest BCUT2D eigenvalue weighted by atomic mass is 127. The van der Waals surface area contributed by atoms with Gasteiger partial charge in [0.25, 0.3) is 0 Å². The van der Waals surface area contributed by atoms with E-state index in [0.29, 0.717) is 0 Å². The minimum absolute atomic E-state index is 0.810. The average molecular weight is 337 g/mol. The fraction of sp³-hybridized carbons (Fsp3) is 0.125. The summed E-state index contributed by atoms with van der Waals surface area (Å²) in [5, 5.41) is 2.06. The summed E-state index contributed by atoms with van der Waals surface area (Å²) in [5.41, 5.74) is 2.17. The van der Waals surface area contributed by atoms with E-state index in [9.17, 15) is 0 Å². The van der Waals surface area contributed by atoms with Gasteiger partial charge in [0.05, 0.1) is 17.4 Å². The number of nitrogens with zero attached hydrogens (tertiary/aromatic N) is 1. The number of alkyl halides is 1. The van der Waals surface area contributed by atoms with Crippen LogP contribution < -0.4 is 0 Å². The maximum Gasteiger partial charge on any atom is 0.0651 e. The van der Waals surface area contributed by atoms with Crippen LogP contribution in [0.5, 0.6) is 0 Å². The topological polar surface area (TPSA) is 28.7 Å². The number of hydrogen-bond acceptors (Lipinski definition) is 1. The molecule has 4 heteroatoms. The van der Waals surface area contributed by atoms with E-state index in [4.69, 9.17) is 0 Å². The van der Waals surface area contributed by atoms with Crippen molar-refractivity contribution in [2.45, 2.75) is 5.33 Å². The van der Waals surface area contributed by atoms with Gasteiger partial charge >= 0.3 is 0 Å². The molecule has 0 unspecified atom stereocenters. The van der Waals surface area contributed by atoms with Crippen molar-refractivity contribution < 1.29 is 0 Å². The lowest BCUT2D eigenvalue weighted by Gasteiger charge is -1.94. The lowest BCUT2D eigenvalue weighted by atomic mass is 10.3. The smallest absolute Gasteiger partial charge is 0.0651 e. The highest BCUT2D eigenvalue weighted by Gasteiger charge is 2.01. The molecule has 2 heterocycles. The van der Waals surface area contributed by atoms with Crippen LogP contribution in [0.1, 0.15) is 5.69 Å². The third-order valence-electron chi connectivity index (χ3n) is 1.71. The zero-order valence-electron chi connectivity index (χ0n) is 6.14. The lowest BCUT2D eigenvalue weighted by molar-refractivity contribution is 1.20. The van der Waals surface area contributed by atoms with Crippen molar-refractivity contribution in [3.63, 3.8) is 0 Å². The minimum Gasteiger partial charge on any atom is -0.359 e. The molecule has 0 aliphatic carbocycles. The minimum atomic E-state index is 0.810. The van der Waals surface area contributed by atoms with Crippen molar-refractivity contribution in [1.82, 2.24) is 9.97 Å². The Morgan fingerprint density at radius 2 is 2.42 bits per heavy atom. The molecule has 0 amide bonds. The summed E-state index contributed by atoms with van der Waals surface area (Å²) < 4.78 is 1.24. The first-order valence-corrected chi connectivity index (χ1v) is 5.69. The molecular formula is C8H6BrIN2. The second kappa shape index (κ2) is 3.33. The van der Waals surface area contributed by atoms with E-state index < -0.39 is 0 Å². The molecule has 2 aromatic heterocycles. The highest BCUT2D eigenvalue weighted by molar-refractivity contribution is 14.1. The molecule has 0 atom stereocenters. The molecule has 62 valence electrons. The zero-order chi connectivity index (χ0) is 8.55. The highest BCUT2D eigenvalue weighted by Crippen LogP contribution is 2.20. The summed E-state index contributed by atoms with van der Waals surface area (Å²) >= 11 is 5.69. The molecule has 12 heavy (non-hydrogen) atoms. The molecule has 0 bridgehead atoms. The molecule has 2 rings (SSSR count). The van der Waals surface area contributed by atoms with Gasteiger partial charge in [0.1, 0.15) is 0 Å². The van der Waals surface area contributed by atoms with E-state index in [0.717, 1.165) is 16.5 Å². The van der Waals surface area contributed by atoms with Crippen LogP contribution in [0.25, 0.3) is 10.9 Å². The van der Waals surface area contributed by atoms with Gasteiger partial charge in [-0.15, -0.1) is 0 Å². The van der Waals surface area contributed by atoms with Gasteiger partial charge in [0, 0.05) is 20.5 Å². The number of rotatable bonds is 1. The number of aromatic amines is 1. The van der Waals surface area contributed by atoms with Crippen LogP contribution in [0.2, 0.25) is 0 Å². The first-order valence-electron chi connectivity index (χ1n) is 3.48. The third kappa shape index (κ3) is 1.37. The van der Waals surface area contributed by atoms with Gasteiger partial charge in [0.2, 0.25) is 0 Å². The molecule has 0 fully saturated rings. The Bertz CT molecular complexity index is 410. The van der Waals surface area contributed by atoms with Crippen molar-refractivity contribution in [2.24, 2.45) is 0 Å².